The van der Waals surface area contributed by atoms with E-state index in [1.54, 1.807) is 0 Å². The first kappa shape index (κ1) is 34.1. The van der Waals surface area contributed by atoms with Crippen LogP contribution in [0.25, 0.3) is 10.4 Å². The van der Waals surface area contributed by atoms with Gasteiger partial charge in [0.25, 0.3) is 0 Å². The van der Waals surface area contributed by atoms with Crippen LogP contribution in [0.2, 0.25) is 0 Å². The molecule has 0 saturated carbocycles. The molecule has 1 N–H and O–H groups in total. The van der Waals surface area contributed by atoms with Crippen LogP contribution >= 0.6 is 0 Å². The van der Waals surface area contributed by atoms with Crippen molar-refractivity contribution in [3.8, 4) is 0 Å². The van der Waals surface area contributed by atoms with Crippen molar-refractivity contribution in [3.63, 3.8) is 0 Å². The van der Waals surface area contributed by atoms with Crippen molar-refractivity contribution in [2.75, 3.05) is 52.7 Å². The highest BCUT2D eigenvalue weighted by Gasteiger charge is 2.15. The fourth-order valence-electron chi connectivity index (χ4n) is 3.40. The van der Waals surface area contributed by atoms with Crippen LogP contribution < -0.4 is 5.32 Å². The van der Waals surface area contributed by atoms with Crippen LogP contribution in [0.15, 0.2) is 5.11 Å². The summed E-state index contributed by atoms with van der Waals surface area (Å²) in [6.07, 6.45) is 12.4. The van der Waals surface area contributed by atoms with Crippen LogP contribution in [0.1, 0.15) is 97.8 Å². The van der Waals surface area contributed by atoms with Gasteiger partial charge in [-0.05, 0) is 39.1 Å². The van der Waals surface area contributed by atoms with Crippen LogP contribution in [0, 0.1) is 0 Å². The molecule has 0 atom stereocenters. The minimum absolute atomic E-state index is 0.0825. The standard InChI is InChI=1S/C26H50N4O6/c1-26(2,3)36-25(32)15-13-11-9-7-5-4-6-8-10-12-14-24(31)28-16-18-33-20-22-35-23-21-34-19-17-29-30-27/h4-23H2,1-3H3,(H,28,31). The van der Waals surface area contributed by atoms with Gasteiger partial charge in [0.15, 0.2) is 0 Å². The number of hydrogen-bond acceptors (Lipinski definition) is 7. The van der Waals surface area contributed by atoms with Crippen molar-refractivity contribution in [1.29, 1.82) is 0 Å². The number of nitrogens with one attached hydrogen (secondary N) is 1. The number of amides is 1. The summed E-state index contributed by atoms with van der Waals surface area (Å²) >= 11 is 0. The SMILES string of the molecule is CC(C)(C)OC(=O)CCCCCCCCCCCCC(=O)NCCOCCOCCOCCN=[N+]=[N-]. The summed E-state index contributed by atoms with van der Waals surface area (Å²) in [7, 11) is 0. The second kappa shape index (κ2) is 24.8. The van der Waals surface area contributed by atoms with Crippen molar-refractivity contribution in [3.05, 3.63) is 10.4 Å². The molecule has 0 saturated heterocycles. The van der Waals surface area contributed by atoms with Crippen molar-refractivity contribution < 1.29 is 28.5 Å². The molecule has 0 rings (SSSR count). The van der Waals surface area contributed by atoms with E-state index in [0.29, 0.717) is 65.6 Å². The Morgan fingerprint density at radius 1 is 0.722 bits per heavy atom. The van der Waals surface area contributed by atoms with E-state index in [0.717, 1.165) is 25.7 Å². The second-order valence-corrected chi connectivity index (χ2v) is 9.76. The first-order valence-corrected chi connectivity index (χ1v) is 13.6. The molecule has 0 aliphatic rings. The van der Waals surface area contributed by atoms with Gasteiger partial charge in [-0.3, -0.25) is 9.59 Å². The molecule has 0 aromatic heterocycles. The minimum Gasteiger partial charge on any atom is -0.460 e. The van der Waals surface area contributed by atoms with Crippen LogP contribution in [-0.2, 0) is 28.5 Å². The van der Waals surface area contributed by atoms with E-state index < -0.39 is 0 Å². The fourth-order valence-corrected chi connectivity index (χ4v) is 3.40. The zero-order chi connectivity index (χ0) is 26.7. The number of azide groups is 1. The third kappa shape index (κ3) is 28.4. The normalized spacial score (nSPS) is 11.2. The fraction of sp³-hybridized carbons (Fsp3) is 0.923. The molecule has 10 heteroatoms. The molecule has 0 heterocycles. The molecule has 210 valence electrons. The molecule has 10 nitrogen and oxygen atoms in total. The molecule has 1 amide bonds. The van der Waals surface area contributed by atoms with Gasteiger partial charge in [0.1, 0.15) is 5.60 Å². The van der Waals surface area contributed by atoms with Gasteiger partial charge < -0.3 is 24.3 Å². The zero-order valence-corrected chi connectivity index (χ0v) is 22.9. The molecule has 0 aliphatic heterocycles. The molecule has 0 fully saturated rings. The molecule has 0 aromatic carbocycles. The molecule has 0 bridgehead atoms. The van der Waals surface area contributed by atoms with E-state index in [2.05, 4.69) is 15.3 Å². The summed E-state index contributed by atoms with van der Waals surface area (Å²) in [5.74, 6) is -0.00935. The molecule has 36 heavy (non-hydrogen) atoms. The summed E-state index contributed by atoms with van der Waals surface area (Å²) in [4.78, 5) is 26.1. The maximum Gasteiger partial charge on any atom is 0.306 e. The quantitative estimate of drug-likeness (QED) is 0.0563. The first-order valence-electron chi connectivity index (χ1n) is 13.6. The number of ether oxygens (including phenoxy) is 4. The number of unbranched alkanes of at least 4 members (excludes halogenated alkanes) is 9. The molecule has 0 unspecified atom stereocenters. The first-order chi connectivity index (χ1) is 17.3. The Labute approximate surface area is 217 Å². The van der Waals surface area contributed by atoms with Crippen LogP contribution in [0.3, 0.4) is 0 Å². The zero-order valence-electron chi connectivity index (χ0n) is 22.9. The number of carbonyl (C=O) groups excluding carboxylic acids is 2. The highest BCUT2D eigenvalue weighted by Crippen LogP contribution is 2.14. The topological polar surface area (TPSA) is 132 Å². The Bertz CT molecular complexity index is 591. The van der Waals surface area contributed by atoms with Gasteiger partial charge in [0.05, 0.1) is 39.6 Å². The molecular formula is C26H50N4O6. The Hall–Kier alpha value is -1.87. The van der Waals surface area contributed by atoms with Crippen LogP contribution in [0.5, 0.6) is 0 Å². The average Bonchev–Trinajstić information content (AvgIpc) is 2.81. The number of esters is 1. The number of carbonyl (C=O) groups is 2. The lowest BCUT2D eigenvalue weighted by Gasteiger charge is -2.19. The molecule has 0 spiro atoms. The predicted molar refractivity (Wildman–Crippen MR) is 141 cm³/mol. The maximum absolute atomic E-state index is 11.9. The summed E-state index contributed by atoms with van der Waals surface area (Å²) in [5.41, 5.74) is 7.74. The van der Waals surface area contributed by atoms with Crippen LogP contribution in [-0.4, -0.2) is 70.2 Å². The number of rotatable bonds is 25. The third-order valence-electron chi connectivity index (χ3n) is 5.17. The highest BCUT2D eigenvalue weighted by molar-refractivity contribution is 5.75. The van der Waals surface area contributed by atoms with Gasteiger partial charge >= 0.3 is 5.97 Å². The van der Waals surface area contributed by atoms with E-state index in [1.807, 2.05) is 20.8 Å². The van der Waals surface area contributed by atoms with Crippen molar-refractivity contribution in [1.82, 2.24) is 5.32 Å². The second-order valence-electron chi connectivity index (χ2n) is 9.76. The summed E-state index contributed by atoms with van der Waals surface area (Å²) < 4.78 is 21.3. The van der Waals surface area contributed by atoms with E-state index in [1.165, 1.54) is 38.5 Å². The van der Waals surface area contributed by atoms with Crippen molar-refractivity contribution >= 4 is 11.9 Å². The van der Waals surface area contributed by atoms with E-state index in [9.17, 15) is 9.59 Å². The van der Waals surface area contributed by atoms with E-state index >= 15 is 0 Å². The predicted octanol–water partition coefficient (Wildman–Crippen LogP) is 5.49. The summed E-state index contributed by atoms with van der Waals surface area (Å²) in [6, 6.07) is 0. The minimum atomic E-state index is -0.388. The van der Waals surface area contributed by atoms with Gasteiger partial charge in [-0.25, -0.2) is 0 Å². The lowest BCUT2D eigenvalue weighted by Crippen LogP contribution is -2.27. The Morgan fingerprint density at radius 2 is 1.19 bits per heavy atom. The third-order valence-corrected chi connectivity index (χ3v) is 5.17. The molecular weight excluding hydrogens is 464 g/mol. The van der Waals surface area contributed by atoms with Gasteiger partial charge in [0, 0.05) is 30.8 Å². The van der Waals surface area contributed by atoms with Crippen molar-refractivity contribution in [2.24, 2.45) is 5.11 Å². The Kier molecular flexibility index (Phi) is 23.5. The maximum atomic E-state index is 11.9. The monoisotopic (exact) mass is 514 g/mol. The van der Waals surface area contributed by atoms with E-state index in [4.69, 9.17) is 24.5 Å². The van der Waals surface area contributed by atoms with Gasteiger partial charge in [-0.2, -0.15) is 0 Å². The van der Waals surface area contributed by atoms with Gasteiger partial charge in [-0.15, -0.1) is 0 Å². The largest absolute Gasteiger partial charge is 0.460 e. The van der Waals surface area contributed by atoms with Gasteiger partial charge in [-0.1, -0.05) is 56.5 Å². The van der Waals surface area contributed by atoms with E-state index in [-0.39, 0.29) is 17.5 Å². The highest BCUT2D eigenvalue weighted by atomic mass is 16.6. The number of hydrogen-bond donors (Lipinski definition) is 1. The smallest absolute Gasteiger partial charge is 0.306 e. The number of nitrogens with zero attached hydrogens (tertiary/aromatic N) is 3. The average molecular weight is 515 g/mol. The molecule has 0 radical (unpaired) electrons. The lowest BCUT2D eigenvalue weighted by molar-refractivity contribution is -0.154. The summed E-state index contributed by atoms with van der Waals surface area (Å²) in [5, 5.41) is 6.25. The Balaban J connectivity index is 3.25. The lowest BCUT2D eigenvalue weighted by atomic mass is 10.0. The summed E-state index contributed by atoms with van der Waals surface area (Å²) in [6.45, 7) is 9.27. The van der Waals surface area contributed by atoms with Gasteiger partial charge in [0.2, 0.25) is 5.91 Å². The van der Waals surface area contributed by atoms with Crippen molar-refractivity contribution in [2.45, 2.75) is 103 Å². The molecule has 0 aliphatic carbocycles. The molecule has 0 aromatic rings. The Morgan fingerprint density at radius 3 is 1.72 bits per heavy atom. The van der Waals surface area contributed by atoms with Crippen LogP contribution in [0.4, 0.5) is 0 Å².